The molecule has 0 spiro atoms. The highest BCUT2D eigenvalue weighted by molar-refractivity contribution is 9.10. The minimum absolute atomic E-state index is 0.266. The summed E-state index contributed by atoms with van der Waals surface area (Å²) in [6.45, 7) is 1.34. The quantitative estimate of drug-likeness (QED) is 0.927. The fraction of sp³-hybridized carbons (Fsp3) is 0.583. The molecule has 0 saturated carbocycles. The standard InChI is InChI=1S/C12H17BrN2O/c13-10-7-12(9-14-8-10)15-5-2-1-3-11(15)4-6-16/h7-9,11,16H,1-6H2. The highest BCUT2D eigenvalue weighted by atomic mass is 79.9. The van der Waals surface area contributed by atoms with E-state index in [1.807, 2.05) is 6.20 Å². The van der Waals surface area contributed by atoms with E-state index in [0.29, 0.717) is 6.04 Å². The zero-order chi connectivity index (χ0) is 11.4. The summed E-state index contributed by atoms with van der Waals surface area (Å²) >= 11 is 3.45. The van der Waals surface area contributed by atoms with Crippen LogP contribution in [-0.2, 0) is 0 Å². The molecule has 16 heavy (non-hydrogen) atoms. The molecule has 1 unspecified atom stereocenters. The van der Waals surface area contributed by atoms with Crippen molar-refractivity contribution >= 4 is 21.6 Å². The van der Waals surface area contributed by atoms with Crippen LogP contribution < -0.4 is 4.90 Å². The maximum Gasteiger partial charge on any atom is 0.0566 e. The van der Waals surface area contributed by atoms with E-state index in [1.54, 1.807) is 6.20 Å². The van der Waals surface area contributed by atoms with E-state index in [9.17, 15) is 0 Å². The first-order valence-corrected chi connectivity index (χ1v) is 6.58. The molecule has 1 atom stereocenters. The van der Waals surface area contributed by atoms with E-state index in [0.717, 1.165) is 23.1 Å². The van der Waals surface area contributed by atoms with Gasteiger partial charge < -0.3 is 10.0 Å². The number of nitrogens with zero attached hydrogens (tertiary/aromatic N) is 2. The lowest BCUT2D eigenvalue weighted by molar-refractivity contribution is 0.262. The molecular formula is C12H17BrN2O. The van der Waals surface area contributed by atoms with Gasteiger partial charge >= 0.3 is 0 Å². The summed E-state index contributed by atoms with van der Waals surface area (Å²) in [5.41, 5.74) is 1.16. The molecule has 0 aliphatic carbocycles. The molecule has 1 saturated heterocycles. The fourth-order valence-corrected chi connectivity index (χ4v) is 2.70. The van der Waals surface area contributed by atoms with Crippen LogP contribution in [0.25, 0.3) is 0 Å². The van der Waals surface area contributed by atoms with Crippen molar-refractivity contribution in [2.45, 2.75) is 31.7 Å². The molecule has 1 N–H and O–H groups in total. The van der Waals surface area contributed by atoms with Gasteiger partial charge in [-0.25, -0.2) is 0 Å². The van der Waals surface area contributed by atoms with Gasteiger partial charge in [-0.15, -0.1) is 0 Å². The van der Waals surface area contributed by atoms with Crippen LogP contribution in [0.4, 0.5) is 5.69 Å². The second-order valence-corrected chi connectivity index (χ2v) is 5.13. The van der Waals surface area contributed by atoms with E-state index in [2.05, 4.69) is 31.9 Å². The first-order valence-electron chi connectivity index (χ1n) is 5.79. The van der Waals surface area contributed by atoms with E-state index in [1.165, 1.54) is 19.3 Å². The molecule has 1 aromatic rings. The number of aromatic nitrogens is 1. The minimum atomic E-state index is 0.266. The topological polar surface area (TPSA) is 36.4 Å². The number of aliphatic hydroxyl groups excluding tert-OH is 1. The van der Waals surface area contributed by atoms with E-state index in [-0.39, 0.29) is 6.61 Å². The average molecular weight is 285 g/mol. The molecule has 0 bridgehead atoms. The Bertz CT molecular complexity index is 344. The summed E-state index contributed by atoms with van der Waals surface area (Å²) in [5, 5.41) is 9.09. The number of aliphatic hydroxyl groups is 1. The van der Waals surface area contributed by atoms with Gasteiger partial charge in [-0.2, -0.15) is 0 Å². The van der Waals surface area contributed by atoms with Gasteiger partial charge in [0.2, 0.25) is 0 Å². The van der Waals surface area contributed by atoms with Gasteiger partial charge in [0.15, 0.2) is 0 Å². The van der Waals surface area contributed by atoms with Crippen LogP contribution >= 0.6 is 15.9 Å². The highest BCUT2D eigenvalue weighted by Gasteiger charge is 2.22. The highest BCUT2D eigenvalue weighted by Crippen LogP contribution is 2.27. The predicted octanol–water partition coefficient (Wildman–Crippen LogP) is 2.59. The fourth-order valence-electron chi connectivity index (χ4n) is 2.35. The lowest BCUT2D eigenvalue weighted by atomic mass is 9.99. The zero-order valence-corrected chi connectivity index (χ0v) is 10.9. The maximum atomic E-state index is 9.09. The Kier molecular flexibility index (Phi) is 4.18. The van der Waals surface area contributed by atoms with Crippen molar-refractivity contribution in [3.05, 3.63) is 22.9 Å². The van der Waals surface area contributed by atoms with Crippen LogP contribution in [0.1, 0.15) is 25.7 Å². The van der Waals surface area contributed by atoms with Crippen LogP contribution in [0.3, 0.4) is 0 Å². The SMILES string of the molecule is OCCC1CCCCN1c1cncc(Br)c1. The van der Waals surface area contributed by atoms with Gasteiger partial charge in [0.05, 0.1) is 11.9 Å². The van der Waals surface area contributed by atoms with Gasteiger partial charge in [-0.1, -0.05) is 0 Å². The minimum Gasteiger partial charge on any atom is -0.396 e. The molecule has 4 heteroatoms. The largest absolute Gasteiger partial charge is 0.396 e. The molecular weight excluding hydrogens is 268 g/mol. The molecule has 1 fully saturated rings. The number of pyridine rings is 1. The van der Waals surface area contributed by atoms with Gasteiger partial charge in [0.1, 0.15) is 0 Å². The normalized spacial score (nSPS) is 21.1. The van der Waals surface area contributed by atoms with E-state index < -0.39 is 0 Å². The van der Waals surface area contributed by atoms with E-state index in [4.69, 9.17) is 5.11 Å². The Morgan fingerprint density at radius 1 is 1.44 bits per heavy atom. The lowest BCUT2D eigenvalue weighted by Gasteiger charge is -2.37. The van der Waals surface area contributed by atoms with Crippen molar-refractivity contribution in [1.82, 2.24) is 4.98 Å². The molecule has 0 amide bonds. The number of halogens is 1. The van der Waals surface area contributed by atoms with Crippen molar-refractivity contribution in [2.24, 2.45) is 0 Å². The first kappa shape index (κ1) is 11.9. The second kappa shape index (κ2) is 5.64. The maximum absolute atomic E-state index is 9.09. The summed E-state index contributed by atoms with van der Waals surface area (Å²) in [7, 11) is 0. The number of hydrogen-bond donors (Lipinski definition) is 1. The smallest absolute Gasteiger partial charge is 0.0566 e. The molecule has 1 aliphatic heterocycles. The average Bonchev–Trinajstić information content (AvgIpc) is 2.30. The molecule has 2 rings (SSSR count). The van der Waals surface area contributed by atoms with E-state index >= 15 is 0 Å². The van der Waals surface area contributed by atoms with Crippen LogP contribution in [-0.4, -0.2) is 29.3 Å². The Balaban J connectivity index is 2.16. The van der Waals surface area contributed by atoms with Gasteiger partial charge in [-0.05, 0) is 47.7 Å². The number of hydrogen-bond acceptors (Lipinski definition) is 3. The number of rotatable bonds is 3. The third-order valence-electron chi connectivity index (χ3n) is 3.11. The predicted molar refractivity (Wildman–Crippen MR) is 68.6 cm³/mol. The number of piperidine rings is 1. The van der Waals surface area contributed by atoms with Gasteiger partial charge in [0.25, 0.3) is 0 Å². The zero-order valence-electron chi connectivity index (χ0n) is 9.27. The van der Waals surface area contributed by atoms with Crippen LogP contribution in [0.2, 0.25) is 0 Å². The number of anilines is 1. The summed E-state index contributed by atoms with van der Waals surface area (Å²) in [4.78, 5) is 6.58. The van der Waals surface area contributed by atoms with Crippen molar-refractivity contribution in [1.29, 1.82) is 0 Å². The first-order chi connectivity index (χ1) is 7.81. The molecule has 88 valence electrons. The summed E-state index contributed by atoms with van der Waals surface area (Å²) < 4.78 is 1.01. The molecule has 0 radical (unpaired) electrons. The Morgan fingerprint density at radius 3 is 3.06 bits per heavy atom. The van der Waals surface area contributed by atoms with Crippen molar-refractivity contribution < 1.29 is 5.11 Å². The molecule has 0 aromatic carbocycles. The Labute approximate surface area is 105 Å². The van der Waals surface area contributed by atoms with Crippen molar-refractivity contribution in [3.8, 4) is 0 Å². The van der Waals surface area contributed by atoms with Crippen molar-refractivity contribution in [3.63, 3.8) is 0 Å². The molecule has 1 aromatic heterocycles. The molecule has 2 heterocycles. The Morgan fingerprint density at radius 2 is 2.31 bits per heavy atom. The second-order valence-electron chi connectivity index (χ2n) is 4.22. The van der Waals surface area contributed by atoms with Gasteiger partial charge in [0, 0.05) is 29.9 Å². The summed E-state index contributed by atoms with van der Waals surface area (Å²) in [6.07, 6.45) is 8.23. The monoisotopic (exact) mass is 284 g/mol. The Hall–Kier alpha value is -0.610. The molecule has 3 nitrogen and oxygen atoms in total. The van der Waals surface area contributed by atoms with Gasteiger partial charge in [-0.3, -0.25) is 4.98 Å². The van der Waals surface area contributed by atoms with Crippen molar-refractivity contribution in [2.75, 3.05) is 18.1 Å². The van der Waals surface area contributed by atoms with Crippen LogP contribution in [0, 0.1) is 0 Å². The van der Waals surface area contributed by atoms with Crippen LogP contribution in [0.15, 0.2) is 22.9 Å². The lowest BCUT2D eigenvalue weighted by Crippen LogP contribution is -2.40. The summed E-state index contributed by atoms with van der Waals surface area (Å²) in [6, 6.07) is 2.57. The summed E-state index contributed by atoms with van der Waals surface area (Å²) in [5.74, 6) is 0. The third-order valence-corrected chi connectivity index (χ3v) is 3.55. The molecule has 1 aliphatic rings. The van der Waals surface area contributed by atoms with Crippen LogP contribution in [0.5, 0.6) is 0 Å². The third kappa shape index (κ3) is 2.74.